The van der Waals surface area contributed by atoms with E-state index < -0.39 is 17.8 Å². The van der Waals surface area contributed by atoms with E-state index >= 15 is 0 Å². The molecule has 2 aliphatic heterocycles. The van der Waals surface area contributed by atoms with Gasteiger partial charge in [0.25, 0.3) is 0 Å². The Morgan fingerprint density at radius 1 is 0.935 bits per heavy atom. The highest BCUT2D eigenvalue weighted by Gasteiger charge is 2.49. The summed E-state index contributed by atoms with van der Waals surface area (Å²) in [5, 5.41) is 0. The SMILES string of the molecule is CN(C)c1ccc(CC2CCN(Cc3ccccc3)C3(C2)OC(=O)C=CC(=O)O3)cc1. The van der Waals surface area contributed by atoms with Crippen LogP contribution in [0.3, 0.4) is 0 Å². The molecule has 0 N–H and O–H groups in total. The predicted octanol–water partition coefficient (Wildman–Crippen LogP) is 3.52. The Bertz CT molecular complexity index is 933. The van der Waals surface area contributed by atoms with Crippen molar-refractivity contribution in [3.63, 3.8) is 0 Å². The second kappa shape index (κ2) is 8.94. The van der Waals surface area contributed by atoms with Gasteiger partial charge in [0.15, 0.2) is 0 Å². The number of anilines is 1. The topological polar surface area (TPSA) is 59.1 Å². The zero-order chi connectivity index (χ0) is 21.8. The van der Waals surface area contributed by atoms with Crippen molar-refractivity contribution in [3.8, 4) is 0 Å². The van der Waals surface area contributed by atoms with Gasteiger partial charge in [0.2, 0.25) is 0 Å². The summed E-state index contributed by atoms with van der Waals surface area (Å²) in [5.41, 5.74) is 3.44. The zero-order valence-electron chi connectivity index (χ0n) is 18.0. The number of hydrogen-bond acceptors (Lipinski definition) is 6. The molecule has 0 saturated carbocycles. The van der Waals surface area contributed by atoms with Crippen molar-refractivity contribution in [3.05, 3.63) is 77.9 Å². The average molecular weight is 421 g/mol. The maximum Gasteiger partial charge on any atom is 0.335 e. The lowest BCUT2D eigenvalue weighted by Crippen LogP contribution is -2.58. The van der Waals surface area contributed by atoms with E-state index in [0.717, 1.165) is 36.2 Å². The summed E-state index contributed by atoms with van der Waals surface area (Å²) < 4.78 is 11.5. The molecule has 1 unspecified atom stereocenters. The summed E-state index contributed by atoms with van der Waals surface area (Å²) in [6.45, 7) is 1.20. The van der Waals surface area contributed by atoms with Crippen molar-refractivity contribution >= 4 is 17.6 Å². The molecular formula is C25H28N2O4. The van der Waals surface area contributed by atoms with Gasteiger partial charge in [-0.25, -0.2) is 14.5 Å². The van der Waals surface area contributed by atoms with Gasteiger partial charge in [-0.15, -0.1) is 0 Å². The van der Waals surface area contributed by atoms with Crippen LogP contribution in [-0.2, 0) is 32.0 Å². The first-order valence-electron chi connectivity index (χ1n) is 10.6. The third kappa shape index (κ3) is 4.97. The predicted molar refractivity (Wildman–Crippen MR) is 118 cm³/mol. The molecule has 1 spiro atoms. The number of piperidine rings is 1. The molecule has 2 aliphatic rings. The number of rotatable bonds is 5. The van der Waals surface area contributed by atoms with E-state index in [4.69, 9.17) is 9.47 Å². The second-order valence-electron chi connectivity index (χ2n) is 8.42. The molecule has 0 amide bonds. The number of benzene rings is 2. The molecule has 162 valence electrons. The van der Waals surface area contributed by atoms with Crippen LogP contribution in [0.15, 0.2) is 66.7 Å². The van der Waals surface area contributed by atoms with E-state index in [1.165, 1.54) is 5.56 Å². The van der Waals surface area contributed by atoms with Gasteiger partial charge < -0.3 is 14.4 Å². The Labute approximate surface area is 183 Å². The summed E-state index contributed by atoms with van der Waals surface area (Å²) >= 11 is 0. The lowest BCUT2D eigenvalue weighted by Gasteiger charge is -2.46. The minimum absolute atomic E-state index is 0.218. The lowest BCUT2D eigenvalue weighted by molar-refractivity contribution is -0.302. The molecule has 31 heavy (non-hydrogen) atoms. The monoisotopic (exact) mass is 420 g/mol. The Balaban J connectivity index is 1.56. The molecule has 0 aromatic heterocycles. The molecule has 1 saturated heterocycles. The number of carbonyl (C=O) groups excluding carboxylic acids is 2. The number of hydrogen-bond donors (Lipinski definition) is 0. The first-order chi connectivity index (χ1) is 14.9. The number of nitrogens with zero attached hydrogens (tertiary/aromatic N) is 2. The summed E-state index contributed by atoms with van der Waals surface area (Å²) in [4.78, 5) is 28.6. The first-order valence-corrected chi connectivity index (χ1v) is 10.6. The van der Waals surface area contributed by atoms with E-state index in [1.54, 1.807) is 0 Å². The van der Waals surface area contributed by atoms with Crippen molar-refractivity contribution in [1.82, 2.24) is 4.90 Å². The third-order valence-corrected chi connectivity index (χ3v) is 5.90. The number of ether oxygens (including phenoxy) is 2. The van der Waals surface area contributed by atoms with Crippen LogP contribution in [0.2, 0.25) is 0 Å². The van der Waals surface area contributed by atoms with Crippen molar-refractivity contribution in [2.75, 3.05) is 25.5 Å². The van der Waals surface area contributed by atoms with Crippen LogP contribution in [0.25, 0.3) is 0 Å². The third-order valence-electron chi connectivity index (χ3n) is 5.90. The van der Waals surface area contributed by atoms with E-state index in [9.17, 15) is 9.59 Å². The number of esters is 2. The molecule has 1 atom stereocenters. The molecule has 0 aliphatic carbocycles. The number of carbonyl (C=O) groups is 2. The molecule has 2 aromatic carbocycles. The quantitative estimate of drug-likeness (QED) is 0.690. The highest BCUT2D eigenvalue weighted by Crippen LogP contribution is 2.38. The summed E-state index contributed by atoms with van der Waals surface area (Å²) in [7, 11) is 4.04. The van der Waals surface area contributed by atoms with E-state index in [0.29, 0.717) is 19.5 Å². The molecule has 2 aromatic rings. The average Bonchev–Trinajstić information content (AvgIpc) is 2.89. The maximum absolute atomic E-state index is 12.3. The minimum atomic E-state index is -1.39. The van der Waals surface area contributed by atoms with Gasteiger partial charge in [-0.1, -0.05) is 42.5 Å². The van der Waals surface area contributed by atoms with E-state index in [-0.39, 0.29) is 5.92 Å². The highest BCUT2D eigenvalue weighted by atomic mass is 16.8. The maximum atomic E-state index is 12.3. The largest absolute Gasteiger partial charge is 0.405 e. The van der Waals surface area contributed by atoms with Crippen LogP contribution in [0.5, 0.6) is 0 Å². The van der Waals surface area contributed by atoms with Crippen LogP contribution in [0, 0.1) is 5.92 Å². The van der Waals surface area contributed by atoms with Crippen LogP contribution in [-0.4, -0.2) is 43.4 Å². The smallest absolute Gasteiger partial charge is 0.335 e. The lowest BCUT2D eigenvalue weighted by atomic mass is 9.87. The molecular weight excluding hydrogens is 392 g/mol. The van der Waals surface area contributed by atoms with Crippen LogP contribution < -0.4 is 4.90 Å². The van der Waals surface area contributed by atoms with Crippen molar-refractivity contribution in [2.24, 2.45) is 5.92 Å². The summed E-state index contributed by atoms with van der Waals surface area (Å²) in [5.74, 6) is -2.28. The fraction of sp³-hybridized carbons (Fsp3) is 0.360. The Kier molecular flexibility index (Phi) is 6.09. The Hall–Kier alpha value is -3.12. The van der Waals surface area contributed by atoms with E-state index in [1.807, 2.05) is 49.3 Å². The second-order valence-corrected chi connectivity index (χ2v) is 8.42. The van der Waals surface area contributed by atoms with Crippen LogP contribution in [0.4, 0.5) is 5.69 Å². The van der Waals surface area contributed by atoms with Gasteiger partial charge >= 0.3 is 17.8 Å². The molecule has 1 fully saturated rings. The molecule has 6 nitrogen and oxygen atoms in total. The normalized spacial score (nSPS) is 20.8. The fourth-order valence-corrected chi connectivity index (χ4v) is 4.30. The van der Waals surface area contributed by atoms with Gasteiger partial charge in [-0.3, -0.25) is 0 Å². The van der Waals surface area contributed by atoms with E-state index in [2.05, 4.69) is 29.2 Å². The molecule has 0 radical (unpaired) electrons. The molecule has 4 rings (SSSR count). The van der Waals surface area contributed by atoms with Gasteiger partial charge in [-0.05, 0) is 42.0 Å². The Morgan fingerprint density at radius 3 is 2.19 bits per heavy atom. The fourth-order valence-electron chi connectivity index (χ4n) is 4.30. The number of likely N-dealkylation sites (tertiary alicyclic amines) is 1. The first kappa shape index (κ1) is 21.1. The van der Waals surface area contributed by atoms with Crippen LogP contribution in [0.1, 0.15) is 24.0 Å². The molecule has 6 heteroatoms. The van der Waals surface area contributed by atoms with Gasteiger partial charge in [0, 0.05) is 51.4 Å². The standard InChI is InChI=1S/C25H28N2O4/c1-26(2)22-10-8-19(9-11-22)16-21-14-15-27(18-20-6-4-3-5-7-20)25(17-21)30-23(28)12-13-24(29)31-25/h3-13,21H,14-18H2,1-2H3. The van der Waals surface area contributed by atoms with Gasteiger partial charge in [0.1, 0.15) is 0 Å². The molecule has 0 bridgehead atoms. The summed E-state index contributed by atoms with van der Waals surface area (Å²) in [6, 6.07) is 18.4. The van der Waals surface area contributed by atoms with Crippen molar-refractivity contribution in [2.45, 2.75) is 31.7 Å². The molecule has 2 heterocycles. The zero-order valence-corrected chi connectivity index (χ0v) is 18.0. The van der Waals surface area contributed by atoms with Crippen LogP contribution >= 0.6 is 0 Å². The van der Waals surface area contributed by atoms with Crippen molar-refractivity contribution < 1.29 is 19.1 Å². The van der Waals surface area contributed by atoms with Gasteiger partial charge in [-0.2, -0.15) is 0 Å². The van der Waals surface area contributed by atoms with Gasteiger partial charge in [0.05, 0.1) is 0 Å². The minimum Gasteiger partial charge on any atom is -0.405 e. The highest BCUT2D eigenvalue weighted by molar-refractivity contribution is 5.93. The Morgan fingerprint density at radius 2 is 1.58 bits per heavy atom. The summed E-state index contributed by atoms with van der Waals surface area (Å²) in [6.07, 6.45) is 4.47. The van der Waals surface area contributed by atoms with Crippen molar-refractivity contribution in [1.29, 1.82) is 0 Å².